The molecule has 1 aromatic rings. The van der Waals surface area contributed by atoms with E-state index in [-0.39, 0.29) is 11.9 Å². The first-order chi connectivity index (χ1) is 10.2. The molecular weight excluding hydrogens is 265 g/mol. The quantitative estimate of drug-likeness (QED) is 0.780. The van der Waals surface area contributed by atoms with Crippen LogP contribution in [0.2, 0.25) is 0 Å². The van der Waals surface area contributed by atoms with Crippen LogP contribution in [0.3, 0.4) is 0 Å². The lowest BCUT2D eigenvalue weighted by Gasteiger charge is -2.31. The average molecular weight is 293 g/mol. The second-order valence-corrected chi connectivity index (χ2v) is 6.24. The Morgan fingerprint density at radius 3 is 2.81 bits per heavy atom. The van der Waals surface area contributed by atoms with E-state index in [9.17, 15) is 4.39 Å². The largest absolute Gasteiger partial charge is 0.310 e. The van der Waals surface area contributed by atoms with Gasteiger partial charge >= 0.3 is 0 Å². The zero-order valence-electron chi connectivity index (χ0n) is 13.3. The normalized spacial score (nSPS) is 18.1. The van der Waals surface area contributed by atoms with Crippen LogP contribution in [0.1, 0.15) is 57.1 Å². The highest BCUT2D eigenvalue weighted by Gasteiger charge is 2.17. The fraction of sp³-hybridized carbons (Fsp3) is 0.706. The van der Waals surface area contributed by atoms with Crippen molar-refractivity contribution < 1.29 is 4.39 Å². The van der Waals surface area contributed by atoms with Crippen molar-refractivity contribution in [3.8, 4) is 0 Å². The maximum Gasteiger partial charge on any atom is 0.141 e. The maximum absolute atomic E-state index is 13.1. The summed E-state index contributed by atoms with van der Waals surface area (Å²) in [5.74, 6) is -0.266. The zero-order valence-corrected chi connectivity index (χ0v) is 13.3. The monoisotopic (exact) mass is 293 g/mol. The summed E-state index contributed by atoms with van der Waals surface area (Å²) in [4.78, 5) is 6.41. The van der Waals surface area contributed by atoms with Crippen LogP contribution < -0.4 is 5.32 Å². The van der Waals surface area contributed by atoms with Gasteiger partial charge in [-0.25, -0.2) is 4.39 Å². The minimum absolute atomic E-state index is 0.146. The molecule has 1 fully saturated rings. The van der Waals surface area contributed by atoms with Gasteiger partial charge in [0.1, 0.15) is 5.82 Å². The van der Waals surface area contributed by atoms with E-state index in [1.165, 1.54) is 38.3 Å². The van der Waals surface area contributed by atoms with Gasteiger partial charge in [0, 0.05) is 18.3 Å². The van der Waals surface area contributed by atoms with Crippen molar-refractivity contribution in [1.82, 2.24) is 15.2 Å². The summed E-state index contributed by atoms with van der Waals surface area (Å²) in [5, 5.41) is 3.45. The SMILES string of the molecule is CC(NCCCN(C)C1CCCCC1)c1cncc(F)c1. The van der Waals surface area contributed by atoms with Crippen LogP contribution in [0.15, 0.2) is 18.5 Å². The average Bonchev–Trinajstić information content (AvgIpc) is 2.52. The van der Waals surface area contributed by atoms with Crippen LogP contribution in [0.4, 0.5) is 4.39 Å². The van der Waals surface area contributed by atoms with Gasteiger partial charge in [0.25, 0.3) is 0 Å². The molecule has 118 valence electrons. The van der Waals surface area contributed by atoms with Crippen LogP contribution in [-0.4, -0.2) is 36.1 Å². The van der Waals surface area contributed by atoms with E-state index < -0.39 is 0 Å². The van der Waals surface area contributed by atoms with Gasteiger partial charge in [-0.15, -0.1) is 0 Å². The Kier molecular flexibility index (Phi) is 6.58. The van der Waals surface area contributed by atoms with E-state index in [4.69, 9.17) is 0 Å². The number of hydrogen-bond donors (Lipinski definition) is 1. The van der Waals surface area contributed by atoms with E-state index in [1.54, 1.807) is 12.3 Å². The molecule has 0 amide bonds. The first-order valence-electron chi connectivity index (χ1n) is 8.21. The molecule has 21 heavy (non-hydrogen) atoms. The van der Waals surface area contributed by atoms with Crippen LogP contribution >= 0.6 is 0 Å². The Bertz CT molecular complexity index is 418. The van der Waals surface area contributed by atoms with E-state index in [0.29, 0.717) is 0 Å². The van der Waals surface area contributed by atoms with Crippen LogP contribution in [0.5, 0.6) is 0 Å². The Balaban J connectivity index is 1.64. The van der Waals surface area contributed by atoms with E-state index in [2.05, 4.69) is 29.2 Å². The Morgan fingerprint density at radius 1 is 1.33 bits per heavy atom. The third kappa shape index (κ3) is 5.36. The molecule has 1 atom stereocenters. The fourth-order valence-corrected chi connectivity index (χ4v) is 3.13. The van der Waals surface area contributed by atoms with Gasteiger partial charge in [0.2, 0.25) is 0 Å². The van der Waals surface area contributed by atoms with Crippen molar-refractivity contribution in [3.63, 3.8) is 0 Å². The molecule has 3 nitrogen and oxygen atoms in total. The summed E-state index contributed by atoms with van der Waals surface area (Å²) in [5.41, 5.74) is 0.913. The van der Waals surface area contributed by atoms with E-state index in [0.717, 1.165) is 31.1 Å². The molecular formula is C17H28FN3. The van der Waals surface area contributed by atoms with Gasteiger partial charge in [-0.3, -0.25) is 4.98 Å². The first-order valence-corrected chi connectivity index (χ1v) is 8.21. The standard InChI is InChI=1S/C17H28FN3/c1-14(15-11-16(18)13-19-12-15)20-9-6-10-21(2)17-7-4-3-5-8-17/h11-14,17,20H,3-10H2,1-2H3. The molecule has 1 aliphatic rings. The van der Waals surface area contributed by atoms with Gasteiger partial charge in [0.05, 0.1) is 6.20 Å². The van der Waals surface area contributed by atoms with Gasteiger partial charge < -0.3 is 10.2 Å². The highest BCUT2D eigenvalue weighted by atomic mass is 19.1. The smallest absolute Gasteiger partial charge is 0.141 e. The summed E-state index contributed by atoms with van der Waals surface area (Å²) < 4.78 is 13.1. The lowest BCUT2D eigenvalue weighted by Crippen LogP contribution is -2.35. The molecule has 1 aromatic heterocycles. The van der Waals surface area contributed by atoms with Crippen molar-refractivity contribution in [2.75, 3.05) is 20.1 Å². The van der Waals surface area contributed by atoms with Crippen LogP contribution in [0, 0.1) is 5.82 Å². The number of hydrogen-bond acceptors (Lipinski definition) is 3. The Morgan fingerprint density at radius 2 is 2.10 bits per heavy atom. The molecule has 0 radical (unpaired) electrons. The predicted molar refractivity (Wildman–Crippen MR) is 84.7 cm³/mol. The number of aromatic nitrogens is 1. The van der Waals surface area contributed by atoms with E-state index in [1.807, 2.05) is 0 Å². The summed E-state index contributed by atoms with van der Waals surface area (Å²) in [6.07, 6.45) is 11.0. The summed E-state index contributed by atoms with van der Waals surface area (Å²) >= 11 is 0. The molecule has 4 heteroatoms. The zero-order chi connectivity index (χ0) is 15.1. The number of nitrogens with one attached hydrogen (secondary N) is 1. The molecule has 0 aliphatic heterocycles. The summed E-state index contributed by atoms with van der Waals surface area (Å²) in [6, 6.07) is 2.48. The van der Waals surface area contributed by atoms with Crippen molar-refractivity contribution >= 4 is 0 Å². The molecule has 1 saturated carbocycles. The Labute approximate surface area is 127 Å². The molecule has 0 aromatic carbocycles. The third-order valence-electron chi connectivity index (χ3n) is 4.56. The molecule has 0 spiro atoms. The molecule has 0 bridgehead atoms. The number of nitrogens with zero attached hydrogens (tertiary/aromatic N) is 2. The van der Waals surface area contributed by atoms with Gasteiger partial charge in [-0.2, -0.15) is 0 Å². The fourth-order valence-electron chi connectivity index (χ4n) is 3.13. The number of rotatable bonds is 7. The topological polar surface area (TPSA) is 28.2 Å². The maximum atomic E-state index is 13.1. The predicted octanol–water partition coefficient (Wildman–Crippen LogP) is 3.53. The van der Waals surface area contributed by atoms with Crippen molar-refractivity contribution in [3.05, 3.63) is 29.8 Å². The second-order valence-electron chi connectivity index (χ2n) is 6.24. The third-order valence-corrected chi connectivity index (χ3v) is 4.56. The molecule has 1 unspecified atom stereocenters. The highest BCUT2D eigenvalue weighted by Crippen LogP contribution is 2.21. The van der Waals surface area contributed by atoms with Gasteiger partial charge in [0.15, 0.2) is 0 Å². The molecule has 1 heterocycles. The van der Waals surface area contributed by atoms with Crippen LogP contribution in [-0.2, 0) is 0 Å². The summed E-state index contributed by atoms with van der Waals surface area (Å²) in [7, 11) is 2.25. The number of halogens is 1. The molecule has 1 aliphatic carbocycles. The second kappa shape index (κ2) is 8.44. The molecule has 2 rings (SSSR count). The van der Waals surface area contributed by atoms with Crippen molar-refractivity contribution in [2.45, 2.75) is 57.5 Å². The minimum Gasteiger partial charge on any atom is -0.310 e. The lowest BCUT2D eigenvalue weighted by atomic mass is 9.94. The Hall–Kier alpha value is -1.00. The van der Waals surface area contributed by atoms with Gasteiger partial charge in [-0.05, 0) is 58.0 Å². The van der Waals surface area contributed by atoms with Gasteiger partial charge in [-0.1, -0.05) is 19.3 Å². The lowest BCUT2D eigenvalue weighted by molar-refractivity contribution is 0.189. The highest BCUT2D eigenvalue weighted by molar-refractivity contribution is 5.14. The van der Waals surface area contributed by atoms with Crippen molar-refractivity contribution in [2.24, 2.45) is 0 Å². The summed E-state index contributed by atoms with van der Waals surface area (Å²) in [6.45, 7) is 4.14. The number of pyridine rings is 1. The van der Waals surface area contributed by atoms with Crippen molar-refractivity contribution in [1.29, 1.82) is 0 Å². The molecule has 0 saturated heterocycles. The molecule has 1 N–H and O–H groups in total. The van der Waals surface area contributed by atoms with E-state index >= 15 is 0 Å². The minimum atomic E-state index is -0.266. The first kappa shape index (κ1) is 16.4. The van der Waals surface area contributed by atoms with Crippen LogP contribution in [0.25, 0.3) is 0 Å².